The molecule has 2 fully saturated rings. The number of alkyl halides is 3. The number of halogens is 4. The Morgan fingerprint density at radius 3 is 2.16 bits per heavy atom. The lowest BCUT2D eigenvalue weighted by Crippen LogP contribution is -2.57. The van der Waals surface area contributed by atoms with Gasteiger partial charge in [-0.15, -0.1) is 0 Å². The fraction of sp³-hybridized carbons (Fsp3) is 0.481. The summed E-state index contributed by atoms with van der Waals surface area (Å²) in [6.07, 6.45) is -3.07. The van der Waals surface area contributed by atoms with Crippen molar-refractivity contribution in [1.82, 2.24) is 9.80 Å². The van der Waals surface area contributed by atoms with E-state index in [9.17, 15) is 27.9 Å². The number of rotatable bonds is 5. The Balaban J connectivity index is 1.39. The van der Waals surface area contributed by atoms with Gasteiger partial charge in [0.2, 0.25) is 0 Å². The average molecular weight is 538 g/mol. The Morgan fingerprint density at radius 2 is 1.59 bits per heavy atom. The van der Waals surface area contributed by atoms with E-state index in [4.69, 9.17) is 11.6 Å². The molecule has 0 aliphatic carbocycles. The highest BCUT2D eigenvalue weighted by Crippen LogP contribution is 2.42. The molecule has 2 aromatic carbocycles. The topological polar surface area (TPSA) is 64.1 Å². The van der Waals surface area contributed by atoms with Crippen LogP contribution in [0.1, 0.15) is 35.2 Å². The number of nitrogens with zero attached hydrogens (tertiary/aromatic N) is 3. The van der Waals surface area contributed by atoms with E-state index in [-0.39, 0.29) is 24.9 Å². The summed E-state index contributed by atoms with van der Waals surface area (Å²) < 4.78 is 41.8. The van der Waals surface area contributed by atoms with Crippen LogP contribution in [0.2, 0.25) is 5.02 Å². The van der Waals surface area contributed by atoms with Gasteiger partial charge in [-0.1, -0.05) is 41.9 Å². The molecule has 10 heteroatoms. The third-order valence-corrected chi connectivity index (χ3v) is 7.90. The van der Waals surface area contributed by atoms with Crippen LogP contribution in [0.5, 0.6) is 0 Å². The van der Waals surface area contributed by atoms with Crippen molar-refractivity contribution in [2.24, 2.45) is 11.8 Å². The second kappa shape index (κ2) is 10.5. The lowest BCUT2D eigenvalue weighted by atomic mass is 9.82. The highest BCUT2D eigenvalue weighted by Gasteiger charge is 2.62. The number of carbonyl (C=O) groups is 2. The summed E-state index contributed by atoms with van der Waals surface area (Å²) in [6, 6.07) is 11.9. The van der Waals surface area contributed by atoms with E-state index in [0.29, 0.717) is 29.3 Å². The average Bonchev–Trinajstić information content (AvgIpc) is 3.37. The Hall–Kier alpha value is -2.78. The Morgan fingerprint density at radius 1 is 0.973 bits per heavy atom. The maximum Gasteiger partial charge on any atom is 0.430 e. The number of benzene rings is 2. The maximum absolute atomic E-state index is 13.9. The fourth-order valence-electron chi connectivity index (χ4n) is 5.41. The first-order chi connectivity index (χ1) is 17.4. The van der Waals surface area contributed by atoms with Crippen molar-refractivity contribution in [2.75, 3.05) is 45.2 Å². The van der Waals surface area contributed by atoms with Crippen LogP contribution in [-0.2, 0) is 10.4 Å². The zero-order valence-corrected chi connectivity index (χ0v) is 21.6. The minimum absolute atomic E-state index is 0.165. The van der Waals surface area contributed by atoms with Crippen LogP contribution in [0.3, 0.4) is 0 Å². The van der Waals surface area contributed by atoms with Gasteiger partial charge in [-0.05, 0) is 49.3 Å². The van der Waals surface area contributed by atoms with Gasteiger partial charge < -0.3 is 19.8 Å². The van der Waals surface area contributed by atoms with Gasteiger partial charge in [-0.3, -0.25) is 9.59 Å². The molecule has 4 rings (SSSR count). The fourth-order valence-corrected chi connectivity index (χ4v) is 5.67. The van der Waals surface area contributed by atoms with Gasteiger partial charge in [0.15, 0.2) is 0 Å². The Kier molecular flexibility index (Phi) is 7.76. The first kappa shape index (κ1) is 27.3. The number of piperidine rings is 1. The number of carbonyl (C=O) groups excluding carboxylic acids is 2. The van der Waals surface area contributed by atoms with Crippen molar-refractivity contribution in [3.63, 3.8) is 0 Å². The predicted molar refractivity (Wildman–Crippen MR) is 135 cm³/mol. The van der Waals surface area contributed by atoms with Gasteiger partial charge in [-0.2, -0.15) is 13.2 Å². The number of likely N-dealkylation sites (tertiary alicyclic amines) is 1. The van der Waals surface area contributed by atoms with E-state index in [1.54, 1.807) is 26.2 Å². The molecule has 0 aromatic heterocycles. The molecule has 0 saturated carbocycles. The molecule has 6 nitrogen and oxygen atoms in total. The maximum atomic E-state index is 13.9. The van der Waals surface area contributed by atoms with Gasteiger partial charge in [0.05, 0.1) is 10.6 Å². The summed E-state index contributed by atoms with van der Waals surface area (Å²) in [7, 11) is 3.34. The normalized spacial score (nSPS) is 20.6. The summed E-state index contributed by atoms with van der Waals surface area (Å²) in [6.45, 7) is 1.91. The molecular formula is C27H31ClF3N3O3. The summed E-state index contributed by atoms with van der Waals surface area (Å²) >= 11 is 6.38. The van der Waals surface area contributed by atoms with E-state index < -0.39 is 23.2 Å². The summed E-state index contributed by atoms with van der Waals surface area (Å²) in [5, 5.41) is 11.0. The van der Waals surface area contributed by atoms with Crippen LogP contribution in [0.4, 0.5) is 18.9 Å². The third-order valence-electron chi connectivity index (χ3n) is 7.58. The molecule has 2 aromatic rings. The van der Waals surface area contributed by atoms with Crippen LogP contribution in [-0.4, -0.2) is 73.2 Å². The molecule has 0 spiro atoms. The molecule has 200 valence electrons. The van der Waals surface area contributed by atoms with E-state index in [1.807, 2.05) is 6.07 Å². The number of aliphatic hydroxyl groups is 1. The first-order valence-corrected chi connectivity index (χ1v) is 12.7. The molecule has 2 saturated heterocycles. The molecule has 2 aliphatic rings. The SMILES string of the molecule is CN(C)C(=O)c1ccc(N2CCC(C3CCN(C(=O)[C@](O)(c4ccccc4)C(F)(F)F)CC3)C2)cc1Cl. The van der Waals surface area contributed by atoms with E-state index >= 15 is 0 Å². The largest absolute Gasteiger partial charge is 0.430 e. The molecule has 2 heterocycles. The number of anilines is 1. The summed E-state index contributed by atoms with van der Waals surface area (Å²) in [5.41, 5.74) is -2.67. The monoisotopic (exact) mass is 537 g/mol. The molecule has 2 aliphatic heterocycles. The zero-order valence-electron chi connectivity index (χ0n) is 20.8. The highest BCUT2D eigenvalue weighted by molar-refractivity contribution is 6.34. The number of hydrogen-bond acceptors (Lipinski definition) is 4. The lowest BCUT2D eigenvalue weighted by molar-refractivity contribution is -0.262. The molecular weight excluding hydrogens is 507 g/mol. The third kappa shape index (κ3) is 5.29. The van der Waals surface area contributed by atoms with Crippen molar-refractivity contribution in [3.05, 3.63) is 64.7 Å². The summed E-state index contributed by atoms with van der Waals surface area (Å²) in [4.78, 5) is 30.1. The van der Waals surface area contributed by atoms with Gasteiger partial charge in [0, 0.05) is 51.5 Å². The number of amides is 2. The van der Waals surface area contributed by atoms with Crippen LogP contribution in [0.25, 0.3) is 0 Å². The second-order valence-corrected chi connectivity index (χ2v) is 10.5. The van der Waals surface area contributed by atoms with Gasteiger partial charge in [0.25, 0.3) is 17.4 Å². The van der Waals surface area contributed by atoms with Crippen molar-refractivity contribution in [3.8, 4) is 0 Å². The molecule has 0 bridgehead atoms. The van der Waals surface area contributed by atoms with E-state index in [1.165, 1.54) is 23.1 Å². The smallest absolute Gasteiger partial charge is 0.371 e. The van der Waals surface area contributed by atoms with Crippen LogP contribution < -0.4 is 4.90 Å². The molecule has 0 radical (unpaired) electrons. The van der Waals surface area contributed by atoms with Crippen molar-refractivity contribution in [2.45, 2.75) is 31.0 Å². The van der Waals surface area contributed by atoms with Crippen molar-refractivity contribution < 1.29 is 27.9 Å². The summed E-state index contributed by atoms with van der Waals surface area (Å²) in [5.74, 6) is -0.897. The molecule has 2 amide bonds. The first-order valence-electron chi connectivity index (χ1n) is 12.3. The quantitative estimate of drug-likeness (QED) is 0.607. The second-order valence-electron chi connectivity index (χ2n) is 10.1. The Labute approximate surface area is 219 Å². The number of hydrogen-bond donors (Lipinski definition) is 1. The van der Waals surface area contributed by atoms with Gasteiger partial charge in [-0.25, -0.2) is 0 Å². The van der Waals surface area contributed by atoms with Crippen molar-refractivity contribution in [1.29, 1.82) is 0 Å². The lowest BCUT2D eigenvalue weighted by Gasteiger charge is -2.39. The standard InChI is InChI=1S/C27H31ClF3N3O3/c1-32(2)24(35)22-9-8-21(16-23(22)28)34-15-12-19(17-34)18-10-13-33(14-11-18)25(36)26(37,27(29,30)31)20-6-4-3-5-7-20/h3-9,16,18-19,37H,10-15,17H2,1-2H3/t19?,26-/m1/s1. The van der Waals surface area contributed by atoms with Crippen molar-refractivity contribution >= 4 is 29.1 Å². The Bertz CT molecular complexity index is 1140. The molecule has 1 unspecified atom stereocenters. The predicted octanol–water partition coefficient (Wildman–Crippen LogP) is 4.56. The van der Waals surface area contributed by atoms with Crippen LogP contribution >= 0.6 is 11.6 Å². The molecule has 37 heavy (non-hydrogen) atoms. The van der Waals surface area contributed by atoms with Gasteiger partial charge in [0.1, 0.15) is 0 Å². The minimum Gasteiger partial charge on any atom is -0.371 e. The van der Waals surface area contributed by atoms with E-state index in [0.717, 1.165) is 42.2 Å². The van der Waals surface area contributed by atoms with Gasteiger partial charge >= 0.3 is 6.18 Å². The van der Waals surface area contributed by atoms with E-state index in [2.05, 4.69) is 4.90 Å². The minimum atomic E-state index is -5.14. The van der Waals surface area contributed by atoms with Crippen LogP contribution in [0.15, 0.2) is 48.5 Å². The highest BCUT2D eigenvalue weighted by atomic mass is 35.5. The van der Waals surface area contributed by atoms with Crippen LogP contribution in [0, 0.1) is 11.8 Å². The molecule has 1 N–H and O–H groups in total. The molecule has 2 atom stereocenters. The zero-order chi connectivity index (χ0) is 27.0.